The third-order valence-corrected chi connectivity index (χ3v) is 4.14. The van der Waals surface area contributed by atoms with E-state index in [1.807, 2.05) is 0 Å². The summed E-state index contributed by atoms with van der Waals surface area (Å²) < 4.78 is 5.87. The van der Waals surface area contributed by atoms with Crippen LogP contribution in [0.4, 0.5) is 0 Å². The third kappa shape index (κ3) is 7.98. The van der Waals surface area contributed by atoms with Crippen molar-refractivity contribution < 1.29 is 4.74 Å². The fourth-order valence-electron chi connectivity index (χ4n) is 1.96. The smallest absolute Gasteiger partial charge is 0.107 e. The van der Waals surface area contributed by atoms with Crippen LogP contribution in [0.25, 0.3) is 0 Å². The normalized spacial score (nSPS) is 13.1. The summed E-state index contributed by atoms with van der Waals surface area (Å²) in [5, 5.41) is 6.65. The molecule has 0 aliphatic heterocycles. The van der Waals surface area contributed by atoms with E-state index >= 15 is 0 Å². The molecule has 0 amide bonds. The van der Waals surface area contributed by atoms with Gasteiger partial charge in [-0.15, -0.1) is 11.3 Å². The van der Waals surface area contributed by atoms with Crippen molar-refractivity contribution in [1.29, 1.82) is 0 Å². The first-order valence-electron chi connectivity index (χ1n) is 7.90. The van der Waals surface area contributed by atoms with E-state index in [0.717, 1.165) is 23.7 Å². The van der Waals surface area contributed by atoms with Crippen LogP contribution in [-0.2, 0) is 17.9 Å². The van der Waals surface area contributed by atoms with Crippen molar-refractivity contribution in [2.24, 2.45) is 0 Å². The highest BCUT2D eigenvalue weighted by Gasteiger charge is 2.06. The van der Waals surface area contributed by atoms with E-state index in [1.165, 1.54) is 25.7 Å². The number of nitrogens with zero attached hydrogens (tertiary/aromatic N) is 1. The Hall–Kier alpha value is -0.450. The Morgan fingerprint density at radius 2 is 2.05 bits per heavy atom. The molecule has 0 saturated heterocycles. The highest BCUT2D eigenvalue weighted by Crippen LogP contribution is 2.13. The maximum Gasteiger partial charge on any atom is 0.107 e. The van der Waals surface area contributed by atoms with Crippen LogP contribution in [-0.4, -0.2) is 17.1 Å². The number of ether oxygens (including phenoxy) is 1. The second-order valence-electron chi connectivity index (χ2n) is 5.74. The first-order valence-corrected chi connectivity index (χ1v) is 8.78. The molecule has 0 aliphatic carbocycles. The van der Waals surface area contributed by atoms with Crippen LogP contribution in [0.3, 0.4) is 0 Å². The summed E-state index contributed by atoms with van der Waals surface area (Å²) in [4.78, 5) is 4.59. The molecule has 3 nitrogen and oxygen atoms in total. The number of hydrogen-bond acceptors (Lipinski definition) is 4. The largest absolute Gasteiger partial charge is 0.372 e. The Labute approximate surface area is 128 Å². The van der Waals surface area contributed by atoms with Gasteiger partial charge in [0.1, 0.15) is 5.01 Å². The van der Waals surface area contributed by atoms with Crippen molar-refractivity contribution >= 4 is 11.3 Å². The summed E-state index contributed by atoms with van der Waals surface area (Å²) >= 11 is 1.71. The Bertz CT molecular complexity index is 352. The van der Waals surface area contributed by atoms with Gasteiger partial charge in [0.05, 0.1) is 18.4 Å². The molecular formula is C16H30N2OS. The topological polar surface area (TPSA) is 34.1 Å². The zero-order valence-electron chi connectivity index (χ0n) is 13.4. The zero-order chi connectivity index (χ0) is 14.8. The minimum Gasteiger partial charge on any atom is -0.372 e. The van der Waals surface area contributed by atoms with Crippen LogP contribution in [0.2, 0.25) is 0 Å². The number of aromatic nitrogens is 1. The van der Waals surface area contributed by atoms with Crippen molar-refractivity contribution in [3.05, 3.63) is 16.1 Å². The monoisotopic (exact) mass is 298 g/mol. The lowest BCUT2D eigenvalue weighted by Crippen LogP contribution is -2.21. The van der Waals surface area contributed by atoms with Gasteiger partial charge in [-0.2, -0.15) is 0 Å². The molecule has 0 aromatic carbocycles. The van der Waals surface area contributed by atoms with E-state index in [9.17, 15) is 0 Å². The molecule has 116 valence electrons. The molecule has 0 saturated carbocycles. The van der Waals surface area contributed by atoms with Crippen molar-refractivity contribution in [3.63, 3.8) is 0 Å². The summed E-state index contributed by atoms with van der Waals surface area (Å²) in [6.45, 7) is 10.2. The summed E-state index contributed by atoms with van der Waals surface area (Å²) in [5.41, 5.74) is 1.07. The van der Waals surface area contributed by atoms with Crippen LogP contribution < -0.4 is 5.32 Å². The molecule has 0 bridgehead atoms. The van der Waals surface area contributed by atoms with Gasteiger partial charge in [0.25, 0.3) is 0 Å². The van der Waals surface area contributed by atoms with Gasteiger partial charge in [-0.3, -0.25) is 0 Å². The second kappa shape index (κ2) is 10.3. The van der Waals surface area contributed by atoms with Crippen LogP contribution in [0.15, 0.2) is 5.38 Å². The SMILES string of the molecule is CCCCCCC(C)OCc1csc(CNC(C)C)n1. The lowest BCUT2D eigenvalue weighted by molar-refractivity contribution is 0.0442. The number of hydrogen-bond donors (Lipinski definition) is 1. The highest BCUT2D eigenvalue weighted by atomic mass is 32.1. The van der Waals surface area contributed by atoms with Gasteiger partial charge in [-0.05, 0) is 13.3 Å². The van der Waals surface area contributed by atoms with E-state index in [-0.39, 0.29) is 0 Å². The molecule has 20 heavy (non-hydrogen) atoms. The van der Waals surface area contributed by atoms with Gasteiger partial charge in [-0.25, -0.2) is 4.98 Å². The summed E-state index contributed by atoms with van der Waals surface area (Å²) in [6.07, 6.45) is 6.73. The fraction of sp³-hybridized carbons (Fsp3) is 0.812. The van der Waals surface area contributed by atoms with E-state index < -0.39 is 0 Å². The zero-order valence-corrected chi connectivity index (χ0v) is 14.3. The second-order valence-corrected chi connectivity index (χ2v) is 6.68. The van der Waals surface area contributed by atoms with Crippen molar-refractivity contribution in [2.75, 3.05) is 0 Å². The molecular weight excluding hydrogens is 268 g/mol. The molecule has 0 radical (unpaired) electrons. The third-order valence-electron chi connectivity index (χ3n) is 3.24. The Morgan fingerprint density at radius 3 is 2.75 bits per heavy atom. The predicted molar refractivity (Wildman–Crippen MR) is 87.1 cm³/mol. The van der Waals surface area contributed by atoms with Gasteiger partial charge in [0.2, 0.25) is 0 Å². The van der Waals surface area contributed by atoms with Gasteiger partial charge < -0.3 is 10.1 Å². The van der Waals surface area contributed by atoms with Gasteiger partial charge >= 0.3 is 0 Å². The van der Waals surface area contributed by atoms with E-state index in [0.29, 0.717) is 18.8 Å². The Morgan fingerprint density at radius 1 is 1.25 bits per heavy atom. The molecule has 1 atom stereocenters. The molecule has 0 fully saturated rings. The minimum atomic E-state index is 0.339. The fourth-order valence-corrected chi connectivity index (χ4v) is 2.69. The highest BCUT2D eigenvalue weighted by molar-refractivity contribution is 7.09. The minimum absolute atomic E-state index is 0.339. The van der Waals surface area contributed by atoms with Gasteiger partial charge in [0, 0.05) is 18.0 Å². The Kier molecular flexibility index (Phi) is 9.07. The van der Waals surface area contributed by atoms with Crippen molar-refractivity contribution in [3.8, 4) is 0 Å². The average molecular weight is 298 g/mol. The lowest BCUT2D eigenvalue weighted by Gasteiger charge is -2.11. The molecule has 0 aliphatic rings. The van der Waals surface area contributed by atoms with Crippen molar-refractivity contribution in [2.45, 2.75) is 85.1 Å². The van der Waals surface area contributed by atoms with Crippen molar-refractivity contribution in [1.82, 2.24) is 10.3 Å². The molecule has 1 N–H and O–H groups in total. The van der Waals surface area contributed by atoms with E-state index in [4.69, 9.17) is 4.74 Å². The standard InChI is InChI=1S/C16H30N2OS/c1-5-6-7-8-9-14(4)19-11-15-12-20-16(18-15)10-17-13(2)3/h12-14,17H,5-11H2,1-4H3. The molecule has 1 aromatic heterocycles. The number of nitrogens with one attached hydrogen (secondary N) is 1. The average Bonchev–Trinajstić information content (AvgIpc) is 2.87. The number of unbranched alkanes of at least 4 members (excludes halogenated alkanes) is 3. The Balaban J connectivity index is 2.17. The molecule has 1 rings (SSSR count). The molecule has 4 heteroatoms. The molecule has 0 spiro atoms. The van der Waals surface area contributed by atoms with Crippen LogP contribution in [0.1, 0.15) is 70.5 Å². The van der Waals surface area contributed by atoms with Crippen LogP contribution in [0, 0.1) is 0 Å². The maximum atomic E-state index is 5.87. The van der Waals surface area contributed by atoms with E-state index in [2.05, 4.69) is 43.4 Å². The summed E-state index contributed by atoms with van der Waals surface area (Å²) in [6, 6.07) is 0.502. The van der Waals surface area contributed by atoms with Gasteiger partial charge in [0.15, 0.2) is 0 Å². The van der Waals surface area contributed by atoms with Crippen LogP contribution in [0.5, 0.6) is 0 Å². The lowest BCUT2D eigenvalue weighted by atomic mass is 10.1. The first-order chi connectivity index (χ1) is 9.61. The molecule has 1 aromatic rings. The quantitative estimate of drug-likeness (QED) is 0.610. The number of thiazole rings is 1. The maximum absolute atomic E-state index is 5.87. The molecule has 1 heterocycles. The first kappa shape index (κ1) is 17.6. The van der Waals surface area contributed by atoms with E-state index in [1.54, 1.807) is 11.3 Å². The number of rotatable bonds is 11. The predicted octanol–water partition coefficient (Wildman–Crippen LogP) is 4.52. The summed E-state index contributed by atoms with van der Waals surface area (Å²) in [5.74, 6) is 0. The summed E-state index contributed by atoms with van der Waals surface area (Å²) in [7, 11) is 0. The molecule has 1 unspecified atom stereocenters. The van der Waals surface area contributed by atoms with Crippen LogP contribution >= 0.6 is 11.3 Å². The van der Waals surface area contributed by atoms with Gasteiger partial charge in [-0.1, -0.05) is 46.5 Å².